The van der Waals surface area contributed by atoms with Crippen molar-refractivity contribution in [3.63, 3.8) is 0 Å². The zero-order valence-electron chi connectivity index (χ0n) is 10.2. The molecule has 7 heteroatoms. The molecule has 6 nitrogen and oxygen atoms in total. The van der Waals surface area contributed by atoms with E-state index in [-0.39, 0.29) is 18.2 Å². The third-order valence-corrected chi connectivity index (χ3v) is 3.76. The second kappa shape index (κ2) is 4.14. The van der Waals surface area contributed by atoms with E-state index >= 15 is 0 Å². The second-order valence-corrected chi connectivity index (χ2v) is 6.24. The highest BCUT2D eigenvalue weighted by Gasteiger charge is 2.26. The third-order valence-electron chi connectivity index (χ3n) is 3.19. The maximum atomic E-state index is 12.0. The van der Waals surface area contributed by atoms with Crippen LogP contribution in [0.1, 0.15) is 11.6 Å². The molecule has 1 aliphatic rings. The molecule has 0 bridgehead atoms. The smallest absolute Gasteiger partial charge is 0.264 e. The van der Waals surface area contributed by atoms with Gasteiger partial charge in [-0.15, -0.1) is 0 Å². The van der Waals surface area contributed by atoms with Gasteiger partial charge < -0.3 is 4.57 Å². The van der Waals surface area contributed by atoms with Gasteiger partial charge in [0.25, 0.3) is 15.7 Å². The molecule has 1 aliphatic heterocycles. The van der Waals surface area contributed by atoms with E-state index in [4.69, 9.17) is 4.18 Å². The van der Waals surface area contributed by atoms with Crippen LogP contribution >= 0.6 is 0 Å². The van der Waals surface area contributed by atoms with Crippen LogP contribution < -0.4 is 5.56 Å². The average molecular weight is 280 g/mol. The van der Waals surface area contributed by atoms with Crippen LogP contribution in [0.4, 0.5) is 0 Å². The summed E-state index contributed by atoms with van der Waals surface area (Å²) < 4.78 is 28.5. The van der Waals surface area contributed by atoms with Crippen molar-refractivity contribution in [2.24, 2.45) is 0 Å². The van der Waals surface area contributed by atoms with Crippen LogP contribution in [0.25, 0.3) is 11.0 Å². The Labute approximate surface area is 109 Å². The molecule has 19 heavy (non-hydrogen) atoms. The zero-order chi connectivity index (χ0) is 13.6. The van der Waals surface area contributed by atoms with E-state index < -0.39 is 10.1 Å². The van der Waals surface area contributed by atoms with Gasteiger partial charge in [0.05, 0.1) is 29.9 Å². The number of hydrogen-bond acceptors (Lipinski definition) is 5. The molecule has 0 saturated carbocycles. The van der Waals surface area contributed by atoms with Gasteiger partial charge in [-0.05, 0) is 24.1 Å². The number of pyridine rings is 2. The third kappa shape index (κ3) is 2.15. The van der Waals surface area contributed by atoms with Crippen LogP contribution in [0.15, 0.2) is 29.2 Å². The number of hydrogen-bond donors (Lipinski definition) is 0. The highest BCUT2D eigenvalue weighted by Crippen LogP contribution is 2.29. The van der Waals surface area contributed by atoms with Crippen LogP contribution in [0, 0.1) is 0 Å². The Bertz CT molecular complexity index is 810. The Morgan fingerprint density at radius 1 is 1.42 bits per heavy atom. The molecule has 1 unspecified atom stereocenters. The molecule has 3 heterocycles. The van der Waals surface area contributed by atoms with Gasteiger partial charge in [-0.1, -0.05) is 0 Å². The summed E-state index contributed by atoms with van der Waals surface area (Å²) in [6.07, 6.45) is 3.26. The predicted molar refractivity (Wildman–Crippen MR) is 69.5 cm³/mol. The molecular formula is C12H12N2O4S. The summed E-state index contributed by atoms with van der Waals surface area (Å²) in [5, 5.41) is 0. The van der Waals surface area contributed by atoms with E-state index in [0.717, 1.165) is 22.9 Å². The van der Waals surface area contributed by atoms with E-state index in [2.05, 4.69) is 4.98 Å². The quantitative estimate of drug-likeness (QED) is 0.764. The van der Waals surface area contributed by atoms with Crippen molar-refractivity contribution in [1.82, 2.24) is 9.55 Å². The van der Waals surface area contributed by atoms with Gasteiger partial charge >= 0.3 is 0 Å². The lowest BCUT2D eigenvalue weighted by molar-refractivity contribution is 0.262. The number of nitrogens with zero attached hydrogens (tertiary/aromatic N) is 2. The molecule has 0 saturated heterocycles. The van der Waals surface area contributed by atoms with Gasteiger partial charge in [0, 0.05) is 12.3 Å². The molecular weight excluding hydrogens is 268 g/mol. The summed E-state index contributed by atoms with van der Waals surface area (Å²) in [6, 6.07) is 4.67. The normalized spacial score (nSPS) is 18.1. The van der Waals surface area contributed by atoms with Gasteiger partial charge in [-0.25, -0.2) is 0 Å². The fourth-order valence-electron chi connectivity index (χ4n) is 2.46. The Kier molecular flexibility index (Phi) is 2.68. The fourth-order valence-corrected chi connectivity index (χ4v) is 2.87. The van der Waals surface area contributed by atoms with E-state index in [0.29, 0.717) is 6.42 Å². The maximum Gasteiger partial charge on any atom is 0.264 e. The van der Waals surface area contributed by atoms with Crippen molar-refractivity contribution in [3.8, 4) is 0 Å². The molecule has 3 rings (SSSR count). The van der Waals surface area contributed by atoms with E-state index in [9.17, 15) is 13.2 Å². The fraction of sp³-hybridized carbons (Fsp3) is 0.333. The van der Waals surface area contributed by atoms with Gasteiger partial charge in [-0.3, -0.25) is 14.0 Å². The molecule has 0 aromatic carbocycles. The molecule has 0 fully saturated rings. The van der Waals surface area contributed by atoms with Crippen LogP contribution in [0.3, 0.4) is 0 Å². The monoisotopic (exact) mass is 280 g/mol. The number of aromatic nitrogens is 2. The van der Waals surface area contributed by atoms with E-state index in [1.54, 1.807) is 16.8 Å². The van der Waals surface area contributed by atoms with Gasteiger partial charge in [-0.2, -0.15) is 8.42 Å². The van der Waals surface area contributed by atoms with Gasteiger partial charge in [0.1, 0.15) is 0 Å². The largest absolute Gasteiger partial charge is 0.301 e. The second-order valence-electron chi connectivity index (χ2n) is 4.59. The van der Waals surface area contributed by atoms with Crippen molar-refractivity contribution in [3.05, 3.63) is 40.3 Å². The van der Waals surface area contributed by atoms with Crippen LogP contribution in [-0.4, -0.2) is 30.8 Å². The summed E-state index contributed by atoms with van der Waals surface area (Å²) in [4.78, 5) is 16.2. The first-order valence-corrected chi connectivity index (χ1v) is 7.61. The summed E-state index contributed by atoms with van der Waals surface area (Å²) >= 11 is 0. The van der Waals surface area contributed by atoms with Crippen molar-refractivity contribution in [2.75, 3.05) is 12.9 Å². The highest BCUT2D eigenvalue weighted by molar-refractivity contribution is 7.85. The minimum absolute atomic E-state index is 0.0352. The molecule has 100 valence electrons. The first-order chi connectivity index (χ1) is 8.96. The zero-order valence-corrected chi connectivity index (χ0v) is 11.1. The summed E-state index contributed by atoms with van der Waals surface area (Å²) in [6.45, 7) is -0.0352. The van der Waals surface area contributed by atoms with Crippen LogP contribution in [0.2, 0.25) is 0 Å². The van der Waals surface area contributed by atoms with Crippen molar-refractivity contribution >= 4 is 21.2 Å². The SMILES string of the molecule is CS(=O)(=O)OCC1Cc2ccnc3ccc(=O)n1c23. The number of rotatable bonds is 3. The summed E-state index contributed by atoms with van der Waals surface area (Å²) in [7, 11) is -3.51. The van der Waals surface area contributed by atoms with Gasteiger partial charge in [0.2, 0.25) is 0 Å². The van der Waals surface area contributed by atoms with Crippen LogP contribution in [-0.2, 0) is 20.7 Å². The molecule has 0 radical (unpaired) electrons. The lowest BCUT2D eigenvalue weighted by Crippen LogP contribution is -2.25. The van der Waals surface area contributed by atoms with Crippen molar-refractivity contribution in [2.45, 2.75) is 12.5 Å². The standard InChI is InChI=1S/C12H12N2O4S/c1-19(16,17)18-7-9-6-8-4-5-13-10-2-3-11(15)14(9)12(8)10/h2-5,9H,6-7H2,1H3. The van der Waals surface area contributed by atoms with Crippen molar-refractivity contribution < 1.29 is 12.6 Å². The minimum atomic E-state index is -3.51. The van der Waals surface area contributed by atoms with Crippen molar-refractivity contribution in [1.29, 1.82) is 0 Å². The highest BCUT2D eigenvalue weighted by atomic mass is 32.2. The lowest BCUT2D eigenvalue weighted by atomic mass is 10.1. The Balaban J connectivity index is 2.08. The Morgan fingerprint density at radius 3 is 2.95 bits per heavy atom. The summed E-state index contributed by atoms with van der Waals surface area (Å²) in [5.41, 5.74) is 2.34. The first kappa shape index (κ1) is 12.3. The molecule has 1 atom stereocenters. The summed E-state index contributed by atoms with van der Waals surface area (Å²) in [5.74, 6) is 0. The van der Waals surface area contributed by atoms with E-state index in [1.165, 1.54) is 6.07 Å². The minimum Gasteiger partial charge on any atom is -0.301 e. The average Bonchev–Trinajstić information content (AvgIpc) is 2.71. The molecule has 0 spiro atoms. The first-order valence-electron chi connectivity index (χ1n) is 5.79. The molecule has 0 aliphatic carbocycles. The Morgan fingerprint density at radius 2 is 2.21 bits per heavy atom. The topological polar surface area (TPSA) is 78.3 Å². The molecule has 2 aromatic heterocycles. The molecule has 0 amide bonds. The lowest BCUT2D eigenvalue weighted by Gasteiger charge is -2.13. The van der Waals surface area contributed by atoms with Gasteiger partial charge in [0.15, 0.2) is 0 Å². The molecule has 0 N–H and O–H groups in total. The predicted octanol–water partition coefficient (Wildman–Crippen LogP) is 0.470. The van der Waals surface area contributed by atoms with Crippen LogP contribution in [0.5, 0.6) is 0 Å². The Hall–Kier alpha value is -1.73. The van der Waals surface area contributed by atoms with E-state index in [1.807, 2.05) is 6.07 Å². The molecule has 2 aromatic rings. The maximum absolute atomic E-state index is 12.0.